The molecule has 1 aromatic rings. The van der Waals surface area contributed by atoms with Crippen molar-refractivity contribution < 1.29 is 31.4 Å². The van der Waals surface area contributed by atoms with Crippen LogP contribution in [0.5, 0.6) is 0 Å². The molecule has 0 amide bonds. The van der Waals surface area contributed by atoms with Crippen LogP contribution in [0.4, 0.5) is 26.3 Å². The molecule has 136 valence electrons. The first-order valence-electron chi connectivity index (χ1n) is 7.36. The maximum atomic E-state index is 12.8. The Balaban J connectivity index is 2.21. The number of rotatable bonds is 3. The molecule has 1 aliphatic rings. The summed E-state index contributed by atoms with van der Waals surface area (Å²) in [7, 11) is 0. The van der Waals surface area contributed by atoms with E-state index in [-0.39, 0.29) is 6.04 Å². The summed E-state index contributed by atoms with van der Waals surface area (Å²) in [4.78, 5) is 2.05. The van der Waals surface area contributed by atoms with Crippen molar-refractivity contribution >= 4 is 0 Å². The van der Waals surface area contributed by atoms with Crippen LogP contribution in [0.25, 0.3) is 0 Å². The summed E-state index contributed by atoms with van der Waals surface area (Å²) in [6.45, 7) is 4.64. The highest BCUT2D eigenvalue weighted by Gasteiger charge is 2.71. The maximum Gasteiger partial charge on any atom is 0.430 e. The van der Waals surface area contributed by atoms with E-state index in [1.807, 2.05) is 6.92 Å². The van der Waals surface area contributed by atoms with Gasteiger partial charge in [0.1, 0.15) is 0 Å². The van der Waals surface area contributed by atoms with Gasteiger partial charge in [0.05, 0.1) is 0 Å². The first kappa shape index (κ1) is 19.0. The van der Waals surface area contributed by atoms with Gasteiger partial charge in [0.2, 0.25) is 0 Å². The van der Waals surface area contributed by atoms with E-state index in [0.717, 1.165) is 19.6 Å². The van der Waals surface area contributed by atoms with Gasteiger partial charge in [0.25, 0.3) is 5.60 Å². The standard InChI is InChI=1S/C15H18F6N2O/c1-10-8-23(7-6-22-10)9-11-2-4-12(5-3-11)13(24,14(16,17)18)15(19,20)21/h2-5,10,22,24H,6-9H2,1H3. The third-order valence-corrected chi connectivity index (χ3v) is 4.05. The van der Waals surface area contributed by atoms with Crippen LogP contribution in [0.1, 0.15) is 18.1 Å². The molecule has 1 unspecified atom stereocenters. The molecule has 1 aromatic carbocycles. The molecule has 1 heterocycles. The molecule has 1 atom stereocenters. The van der Waals surface area contributed by atoms with Gasteiger partial charge < -0.3 is 10.4 Å². The highest BCUT2D eigenvalue weighted by molar-refractivity contribution is 5.30. The van der Waals surface area contributed by atoms with E-state index in [0.29, 0.717) is 24.2 Å². The highest BCUT2D eigenvalue weighted by Crippen LogP contribution is 2.49. The first-order valence-corrected chi connectivity index (χ1v) is 7.36. The SMILES string of the molecule is CC1CN(Cc2ccc(C(O)(C(F)(F)F)C(F)(F)F)cc2)CCN1. The normalized spacial score (nSPS) is 21.1. The van der Waals surface area contributed by atoms with Crippen LogP contribution in [0.15, 0.2) is 24.3 Å². The van der Waals surface area contributed by atoms with Crippen LogP contribution in [-0.4, -0.2) is 48.0 Å². The molecule has 9 heteroatoms. The summed E-state index contributed by atoms with van der Waals surface area (Å²) in [5.74, 6) is 0. The molecule has 1 aliphatic heterocycles. The maximum absolute atomic E-state index is 12.8. The van der Waals surface area contributed by atoms with Crippen molar-refractivity contribution in [1.82, 2.24) is 10.2 Å². The van der Waals surface area contributed by atoms with E-state index in [1.165, 1.54) is 12.1 Å². The topological polar surface area (TPSA) is 35.5 Å². The van der Waals surface area contributed by atoms with Gasteiger partial charge in [-0.3, -0.25) is 4.90 Å². The number of benzene rings is 1. The van der Waals surface area contributed by atoms with E-state index in [1.54, 1.807) is 0 Å². The van der Waals surface area contributed by atoms with Crippen molar-refractivity contribution in [1.29, 1.82) is 0 Å². The van der Waals surface area contributed by atoms with Crippen molar-refractivity contribution in [3.05, 3.63) is 35.4 Å². The summed E-state index contributed by atoms with van der Waals surface area (Å²) in [6.07, 6.45) is -11.7. The lowest BCUT2D eigenvalue weighted by Gasteiger charge is -2.33. The Hall–Kier alpha value is -1.32. The van der Waals surface area contributed by atoms with Gasteiger partial charge >= 0.3 is 12.4 Å². The molecule has 0 spiro atoms. The number of hydrogen-bond donors (Lipinski definition) is 2. The Morgan fingerprint density at radius 2 is 1.62 bits per heavy atom. The lowest BCUT2D eigenvalue weighted by molar-refractivity contribution is -0.376. The number of nitrogens with one attached hydrogen (secondary N) is 1. The quantitative estimate of drug-likeness (QED) is 0.818. The second-order valence-electron chi connectivity index (χ2n) is 5.99. The van der Waals surface area contributed by atoms with E-state index >= 15 is 0 Å². The Kier molecular flexibility index (Phi) is 5.17. The molecular formula is C15H18F6N2O. The van der Waals surface area contributed by atoms with Crippen molar-refractivity contribution in [2.45, 2.75) is 37.5 Å². The fourth-order valence-corrected chi connectivity index (χ4v) is 2.75. The predicted octanol–water partition coefficient (Wildman–Crippen LogP) is 2.79. The molecule has 0 aliphatic carbocycles. The monoisotopic (exact) mass is 356 g/mol. The second kappa shape index (κ2) is 6.53. The van der Waals surface area contributed by atoms with Crippen molar-refractivity contribution in [2.75, 3.05) is 19.6 Å². The predicted molar refractivity (Wildman–Crippen MR) is 75.2 cm³/mol. The van der Waals surface area contributed by atoms with E-state index in [2.05, 4.69) is 10.2 Å². The zero-order valence-corrected chi connectivity index (χ0v) is 12.9. The van der Waals surface area contributed by atoms with Gasteiger partial charge in [0, 0.05) is 37.8 Å². The molecular weight excluding hydrogens is 338 g/mol. The van der Waals surface area contributed by atoms with Gasteiger partial charge in [-0.25, -0.2) is 0 Å². The average molecular weight is 356 g/mol. The molecule has 1 saturated heterocycles. The zero-order valence-electron chi connectivity index (χ0n) is 12.9. The minimum absolute atomic E-state index is 0.263. The molecule has 0 radical (unpaired) electrons. The fraction of sp³-hybridized carbons (Fsp3) is 0.600. The number of nitrogens with zero attached hydrogens (tertiary/aromatic N) is 1. The number of aliphatic hydroxyl groups is 1. The van der Waals surface area contributed by atoms with Crippen LogP contribution in [0.3, 0.4) is 0 Å². The van der Waals surface area contributed by atoms with Crippen LogP contribution in [0.2, 0.25) is 0 Å². The Morgan fingerprint density at radius 1 is 1.08 bits per heavy atom. The van der Waals surface area contributed by atoms with Crippen molar-refractivity contribution in [3.8, 4) is 0 Å². The number of hydrogen-bond acceptors (Lipinski definition) is 3. The second-order valence-corrected chi connectivity index (χ2v) is 5.99. The molecule has 0 saturated carbocycles. The summed E-state index contributed by atoms with van der Waals surface area (Å²) >= 11 is 0. The molecule has 24 heavy (non-hydrogen) atoms. The largest absolute Gasteiger partial charge is 0.430 e. The molecule has 3 nitrogen and oxygen atoms in total. The van der Waals surface area contributed by atoms with E-state index in [4.69, 9.17) is 0 Å². The Morgan fingerprint density at radius 3 is 2.08 bits per heavy atom. The van der Waals surface area contributed by atoms with Crippen LogP contribution >= 0.6 is 0 Å². The van der Waals surface area contributed by atoms with E-state index < -0.39 is 23.5 Å². The first-order chi connectivity index (χ1) is 10.9. The number of halogens is 6. The summed E-state index contributed by atoms with van der Waals surface area (Å²) < 4.78 is 76.9. The third-order valence-electron chi connectivity index (χ3n) is 4.05. The van der Waals surface area contributed by atoms with Crippen molar-refractivity contribution in [3.63, 3.8) is 0 Å². The summed E-state index contributed by atoms with van der Waals surface area (Å²) in [5, 5.41) is 12.6. The molecule has 0 bridgehead atoms. The summed E-state index contributed by atoms with van der Waals surface area (Å²) in [5.41, 5.74) is -5.53. The van der Waals surface area contributed by atoms with Gasteiger partial charge in [-0.05, 0) is 12.5 Å². The van der Waals surface area contributed by atoms with Crippen LogP contribution < -0.4 is 5.32 Å². The Labute approximate surface area is 135 Å². The smallest absolute Gasteiger partial charge is 0.369 e. The van der Waals surface area contributed by atoms with Gasteiger partial charge in [-0.1, -0.05) is 24.3 Å². The number of alkyl halides is 6. The molecule has 2 N–H and O–H groups in total. The highest BCUT2D eigenvalue weighted by atomic mass is 19.4. The fourth-order valence-electron chi connectivity index (χ4n) is 2.75. The summed E-state index contributed by atoms with van der Waals surface area (Å²) in [6, 6.07) is 4.00. The van der Waals surface area contributed by atoms with Gasteiger partial charge in [-0.2, -0.15) is 26.3 Å². The molecule has 0 aromatic heterocycles. The third kappa shape index (κ3) is 3.68. The zero-order chi connectivity index (χ0) is 18.2. The Bertz CT molecular complexity index is 541. The lowest BCUT2D eigenvalue weighted by atomic mass is 9.91. The molecule has 2 rings (SSSR count). The lowest BCUT2D eigenvalue weighted by Crippen LogP contribution is -2.53. The van der Waals surface area contributed by atoms with Gasteiger partial charge in [-0.15, -0.1) is 0 Å². The molecule has 1 fully saturated rings. The van der Waals surface area contributed by atoms with Crippen LogP contribution in [0, 0.1) is 0 Å². The van der Waals surface area contributed by atoms with E-state index in [9.17, 15) is 31.4 Å². The minimum atomic E-state index is -5.86. The van der Waals surface area contributed by atoms with Crippen LogP contribution in [-0.2, 0) is 12.1 Å². The van der Waals surface area contributed by atoms with Crippen molar-refractivity contribution in [2.24, 2.45) is 0 Å². The average Bonchev–Trinajstić information content (AvgIpc) is 2.45. The minimum Gasteiger partial charge on any atom is -0.369 e. The van der Waals surface area contributed by atoms with Gasteiger partial charge in [0.15, 0.2) is 0 Å². The number of piperazine rings is 1.